The molecule has 0 spiro atoms. The zero-order chi connectivity index (χ0) is 10.9. The van der Waals surface area contributed by atoms with Crippen LogP contribution in [0.4, 0.5) is 0 Å². The van der Waals surface area contributed by atoms with Crippen molar-refractivity contribution in [3.63, 3.8) is 0 Å². The number of nitriles is 2. The Morgan fingerprint density at radius 2 is 1.80 bits per heavy atom. The molecule has 15 heavy (non-hydrogen) atoms. The lowest BCUT2D eigenvalue weighted by Gasteiger charge is -1.89. The number of hydrogen-bond donors (Lipinski definition) is 0. The van der Waals surface area contributed by atoms with E-state index in [2.05, 4.69) is 0 Å². The van der Waals surface area contributed by atoms with Gasteiger partial charge in [-0.15, -0.1) is 0 Å². The Morgan fingerprint density at radius 3 is 2.40 bits per heavy atom. The first-order chi connectivity index (χ1) is 7.36. The fourth-order valence-electron chi connectivity index (χ4n) is 1.07. The van der Waals surface area contributed by atoms with Gasteiger partial charge in [-0.3, -0.25) is 0 Å². The van der Waals surface area contributed by atoms with Crippen molar-refractivity contribution in [3.8, 4) is 12.1 Å². The molecule has 0 atom stereocenters. The molecule has 0 aliphatic carbocycles. The van der Waals surface area contributed by atoms with Crippen molar-refractivity contribution < 1.29 is 0 Å². The Bertz CT molecular complexity index is 426. The van der Waals surface area contributed by atoms with E-state index in [9.17, 15) is 0 Å². The highest BCUT2D eigenvalue weighted by Crippen LogP contribution is 2.02. The average Bonchev–Trinajstić information content (AvgIpc) is 2.31. The lowest BCUT2D eigenvalue weighted by atomic mass is 10.2. The summed E-state index contributed by atoms with van der Waals surface area (Å²) in [6, 6.07) is 13.5. The molecule has 0 bridgehead atoms. The highest BCUT2D eigenvalue weighted by molar-refractivity contribution is 5.49. The van der Waals surface area contributed by atoms with Crippen molar-refractivity contribution in [2.24, 2.45) is 0 Å². The number of rotatable bonds is 3. The van der Waals surface area contributed by atoms with E-state index < -0.39 is 0 Å². The molecule has 0 amide bonds. The predicted molar refractivity (Wildman–Crippen MR) is 59.4 cm³/mol. The molecule has 0 heterocycles. The van der Waals surface area contributed by atoms with Crippen LogP contribution in [0.1, 0.15) is 12.0 Å². The molecule has 0 unspecified atom stereocenters. The number of nitrogens with zero attached hydrogens (tertiary/aromatic N) is 2. The Kier molecular flexibility index (Phi) is 4.43. The monoisotopic (exact) mass is 194 g/mol. The molecule has 0 N–H and O–H groups in total. The van der Waals surface area contributed by atoms with Crippen molar-refractivity contribution in [1.29, 1.82) is 10.5 Å². The van der Waals surface area contributed by atoms with Crippen LogP contribution in [0.2, 0.25) is 0 Å². The summed E-state index contributed by atoms with van der Waals surface area (Å²) in [5.74, 6) is 0. The number of allylic oxidation sites excluding steroid dienone is 3. The first kappa shape index (κ1) is 10.8. The van der Waals surface area contributed by atoms with Gasteiger partial charge in [0.05, 0.1) is 0 Å². The molecular weight excluding hydrogens is 184 g/mol. The second kappa shape index (κ2) is 6.18. The summed E-state index contributed by atoms with van der Waals surface area (Å²) in [5, 5.41) is 17.0. The zero-order valence-electron chi connectivity index (χ0n) is 8.22. The molecule has 1 rings (SSSR count). The van der Waals surface area contributed by atoms with Gasteiger partial charge in [0.25, 0.3) is 0 Å². The Morgan fingerprint density at radius 1 is 1.13 bits per heavy atom. The third-order valence-electron chi connectivity index (χ3n) is 1.81. The first-order valence-corrected chi connectivity index (χ1v) is 4.59. The fourth-order valence-corrected chi connectivity index (χ4v) is 1.07. The minimum atomic E-state index is 0.160. The molecule has 0 saturated carbocycles. The average molecular weight is 194 g/mol. The van der Waals surface area contributed by atoms with Crippen LogP contribution in [-0.2, 0) is 0 Å². The number of hydrogen-bond acceptors (Lipinski definition) is 2. The van der Waals surface area contributed by atoms with Crippen LogP contribution in [0, 0.1) is 22.7 Å². The van der Waals surface area contributed by atoms with E-state index in [4.69, 9.17) is 10.5 Å². The Balaban J connectivity index is 2.53. The molecular formula is C13H10N2. The molecule has 1 aromatic carbocycles. The van der Waals surface area contributed by atoms with Gasteiger partial charge in [-0.1, -0.05) is 48.6 Å². The van der Waals surface area contributed by atoms with Gasteiger partial charge in [-0.25, -0.2) is 0 Å². The predicted octanol–water partition coefficient (Wildman–Crippen LogP) is 3.06. The van der Waals surface area contributed by atoms with E-state index in [1.807, 2.05) is 54.6 Å². The van der Waals surface area contributed by atoms with Gasteiger partial charge < -0.3 is 0 Å². The second-order valence-electron chi connectivity index (χ2n) is 2.89. The molecule has 0 radical (unpaired) electrons. The standard InChI is InChI=1S/C13H10N2/c14-10-13(11-15)9-5-4-8-12-6-2-1-3-7-12/h1-4,6-9H,5H2. The fraction of sp³-hybridized carbons (Fsp3) is 0.0769. The summed E-state index contributed by atoms with van der Waals surface area (Å²) in [4.78, 5) is 0. The van der Waals surface area contributed by atoms with E-state index in [0.29, 0.717) is 6.42 Å². The summed E-state index contributed by atoms with van der Waals surface area (Å²) >= 11 is 0. The van der Waals surface area contributed by atoms with E-state index in [0.717, 1.165) is 5.56 Å². The van der Waals surface area contributed by atoms with Crippen LogP contribution in [0.15, 0.2) is 48.1 Å². The summed E-state index contributed by atoms with van der Waals surface area (Å²) in [5.41, 5.74) is 1.27. The van der Waals surface area contributed by atoms with Crippen LogP contribution < -0.4 is 0 Å². The van der Waals surface area contributed by atoms with Crippen molar-refractivity contribution in [2.75, 3.05) is 0 Å². The van der Waals surface area contributed by atoms with E-state index in [-0.39, 0.29) is 5.57 Å². The highest BCUT2D eigenvalue weighted by Gasteiger charge is 1.87. The molecule has 1 aromatic rings. The lowest BCUT2D eigenvalue weighted by Crippen LogP contribution is -1.71. The topological polar surface area (TPSA) is 47.6 Å². The maximum Gasteiger partial charge on any atom is 0.126 e. The minimum Gasteiger partial charge on any atom is -0.192 e. The SMILES string of the molecule is N#CC(C#N)=CCC=Cc1ccccc1. The van der Waals surface area contributed by atoms with Crippen molar-refractivity contribution in [2.45, 2.75) is 6.42 Å². The summed E-state index contributed by atoms with van der Waals surface area (Å²) < 4.78 is 0. The van der Waals surface area contributed by atoms with Crippen LogP contribution in [0.5, 0.6) is 0 Å². The normalized spacial score (nSPS) is 9.20. The minimum absolute atomic E-state index is 0.160. The molecule has 0 fully saturated rings. The largest absolute Gasteiger partial charge is 0.192 e. The van der Waals surface area contributed by atoms with Crippen molar-refractivity contribution >= 4 is 6.08 Å². The molecule has 0 aromatic heterocycles. The van der Waals surface area contributed by atoms with E-state index in [1.165, 1.54) is 0 Å². The quantitative estimate of drug-likeness (QED) is 0.694. The molecule has 0 aliphatic rings. The van der Waals surface area contributed by atoms with Crippen molar-refractivity contribution in [1.82, 2.24) is 0 Å². The first-order valence-electron chi connectivity index (χ1n) is 4.59. The van der Waals surface area contributed by atoms with Gasteiger partial charge in [0.2, 0.25) is 0 Å². The Hall–Kier alpha value is -2.32. The van der Waals surface area contributed by atoms with Gasteiger partial charge in [-0.2, -0.15) is 10.5 Å². The van der Waals surface area contributed by atoms with Crippen LogP contribution in [-0.4, -0.2) is 0 Å². The second-order valence-corrected chi connectivity index (χ2v) is 2.89. The zero-order valence-corrected chi connectivity index (χ0v) is 8.22. The van der Waals surface area contributed by atoms with Gasteiger partial charge in [-0.05, 0) is 12.0 Å². The Labute approximate surface area is 89.4 Å². The maximum atomic E-state index is 8.48. The molecule has 0 aliphatic heterocycles. The lowest BCUT2D eigenvalue weighted by molar-refractivity contribution is 1.36. The van der Waals surface area contributed by atoms with Gasteiger partial charge in [0, 0.05) is 0 Å². The summed E-state index contributed by atoms with van der Waals surface area (Å²) in [7, 11) is 0. The summed E-state index contributed by atoms with van der Waals surface area (Å²) in [6.07, 6.45) is 6.09. The van der Waals surface area contributed by atoms with Crippen LogP contribution in [0.25, 0.3) is 6.08 Å². The van der Waals surface area contributed by atoms with Crippen LogP contribution >= 0.6 is 0 Å². The van der Waals surface area contributed by atoms with Gasteiger partial charge in [0.1, 0.15) is 17.7 Å². The highest BCUT2D eigenvalue weighted by atomic mass is 14.3. The van der Waals surface area contributed by atoms with Gasteiger partial charge in [0.15, 0.2) is 0 Å². The number of benzene rings is 1. The molecule has 0 saturated heterocycles. The van der Waals surface area contributed by atoms with E-state index >= 15 is 0 Å². The van der Waals surface area contributed by atoms with Gasteiger partial charge >= 0.3 is 0 Å². The third-order valence-corrected chi connectivity index (χ3v) is 1.81. The van der Waals surface area contributed by atoms with Crippen molar-refractivity contribution in [3.05, 3.63) is 53.6 Å². The third kappa shape index (κ3) is 3.93. The van der Waals surface area contributed by atoms with E-state index in [1.54, 1.807) is 6.08 Å². The smallest absolute Gasteiger partial charge is 0.126 e. The molecule has 2 heteroatoms. The maximum absolute atomic E-state index is 8.48. The molecule has 2 nitrogen and oxygen atoms in total. The summed E-state index contributed by atoms with van der Waals surface area (Å²) in [6.45, 7) is 0. The molecule has 72 valence electrons. The van der Waals surface area contributed by atoms with Crippen LogP contribution in [0.3, 0.4) is 0 Å².